The molecule has 0 heterocycles. The van der Waals surface area contributed by atoms with Crippen LogP contribution in [0.4, 0.5) is 13.2 Å². The standard InChI is InChI=1S/C15H33F3O2Si2/c1-9-14(21(5,6)7)20-22(8,11-10-15(16,17)18)13(3)12(2)19-4/h12-14H,9-11H2,1-8H3. The molecule has 0 radical (unpaired) electrons. The van der Waals surface area contributed by atoms with Crippen molar-refractivity contribution in [3.8, 4) is 0 Å². The van der Waals surface area contributed by atoms with Crippen LogP contribution in [0.3, 0.4) is 0 Å². The van der Waals surface area contributed by atoms with Crippen molar-refractivity contribution < 1.29 is 22.3 Å². The van der Waals surface area contributed by atoms with Gasteiger partial charge in [0.05, 0.1) is 14.2 Å². The fourth-order valence-electron chi connectivity index (χ4n) is 2.68. The van der Waals surface area contributed by atoms with Gasteiger partial charge in [-0.15, -0.1) is 0 Å². The number of methoxy groups -OCH3 is 1. The van der Waals surface area contributed by atoms with Gasteiger partial charge in [0.25, 0.3) is 0 Å². The van der Waals surface area contributed by atoms with Crippen molar-refractivity contribution >= 4 is 16.4 Å². The molecule has 134 valence electrons. The SMILES string of the molecule is CCC(O[Si](C)(CCC(F)(F)F)C(C)C(C)OC)[Si](C)(C)C. The Kier molecular flexibility index (Phi) is 8.36. The summed E-state index contributed by atoms with van der Waals surface area (Å²) in [6.07, 6.45) is -4.13. The van der Waals surface area contributed by atoms with E-state index in [1.165, 1.54) is 0 Å². The fourth-order valence-corrected chi connectivity index (χ4v) is 9.64. The molecule has 0 aromatic heterocycles. The third-order valence-electron chi connectivity index (χ3n) is 4.69. The van der Waals surface area contributed by atoms with E-state index in [2.05, 4.69) is 26.6 Å². The quantitative estimate of drug-likeness (QED) is 0.499. The van der Waals surface area contributed by atoms with Gasteiger partial charge in [-0.1, -0.05) is 33.5 Å². The molecule has 0 aromatic carbocycles. The first-order valence-corrected chi connectivity index (χ1v) is 14.3. The predicted octanol–water partition coefficient (Wildman–Crippen LogP) is 5.61. The number of rotatable bonds is 9. The van der Waals surface area contributed by atoms with Crippen molar-refractivity contribution in [3.05, 3.63) is 0 Å². The molecular weight excluding hydrogens is 325 g/mol. The number of halogens is 3. The summed E-state index contributed by atoms with van der Waals surface area (Å²) in [7, 11) is -2.52. The smallest absolute Gasteiger partial charge is 0.388 e. The lowest BCUT2D eigenvalue weighted by Gasteiger charge is -2.42. The monoisotopic (exact) mass is 358 g/mol. The average molecular weight is 359 g/mol. The van der Waals surface area contributed by atoms with E-state index in [9.17, 15) is 13.2 Å². The maximum Gasteiger partial charge on any atom is 0.388 e. The molecule has 0 aliphatic rings. The second-order valence-electron chi connectivity index (χ2n) is 7.54. The Hall–Kier alpha value is 0.144. The summed E-state index contributed by atoms with van der Waals surface area (Å²) in [6.45, 7) is 14.5. The molecule has 22 heavy (non-hydrogen) atoms. The van der Waals surface area contributed by atoms with Crippen molar-refractivity contribution in [1.82, 2.24) is 0 Å². The molecule has 0 bridgehead atoms. The zero-order valence-electron chi connectivity index (χ0n) is 15.3. The van der Waals surface area contributed by atoms with Crippen LogP contribution in [0.5, 0.6) is 0 Å². The van der Waals surface area contributed by atoms with Gasteiger partial charge in [0.15, 0.2) is 8.32 Å². The van der Waals surface area contributed by atoms with E-state index in [-0.39, 0.29) is 23.4 Å². The maximum atomic E-state index is 12.7. The molecule has 0 aromatic rings. The van der Waals surface area contributed by atoms with Gasteiger partial charge in [0.2, 0.25) is 0 Å². The minimum Gasteiger partial charge on any atom is -0.417 e. The van der Waals surface area contributed by atoms with Crippen LogP contribution in [-0.4, -0.2) is 41.5 Å². The van der Waals surface area contributed by atoms with Crippen LogP contribution in [0.2, 0.25) is 37.8 Å². The molecule has 0 aliphatic heterocycles. The molecule has 2 nitrogen and oxygen atoms in total. The van der Waals surface area contributed by atoms with E-state index in [4.69, 9.17) is 9.16 Å². The number of hydrogen-bond acceptors (Lipinski definition) is 2. The number of ether oxygens (including phenoxy) is 1. The number of alkyl halides is 3. The van der Waals surface area contributed by atoms with Gasteiger partial charge in [-0.3, -0.25) is 0 Å². The zero-order valence-corrected chi connectivity index (χ0v) is 17.3. The van der Waals surface area contributed by atoms with E-state index in [1.54, 1.807) is 7.11 Å². The van der Waals surface area contributed by atoms with Crippen LogP contribution >= 0.6 is 0 Å². The molecule has 0 fully saturated rings. The van der Waals surface area contributed by atoms with E-state index in [0.717, 1.165) is 6.42 Å². The Morgan fingerprint density at radius 2 is 1.55 bits per heavy atom. The summed E-state index contributed by atoms with van der Waals surface area (Å²) < 4.78 is 50.0. The van der Waals surface area contributed by atoms with Gasteiger partial charge in [-0.05, 0) is 25.9 Å². The van der Waals surface area contributed by atoms with Crippen LogP contribution in [0.1, 0.15) is 33.6 Å². The Balaban J connectivity index is 5.31. The van der Waals surface area contributed by atoms with Crippen LogP contribution in [0, 0.1) is 0 Å². The molecular formula is C15H33F3O2Si2. The number of hydrogen-bond donors (Lipinski definition) is 0. The average Bonchev–Trinajstić information content (AvgIpc) is 2.38. The predicted molar refractivity (Wildman–Crippen MR) is 91.5 cm³/mol. The third-order valence-corrected chi connectivity index (χ3v) is 11.8. The highest BCUT2D eigenvalue weighted by atomic mass is 28.4. The van der Waals surface area contributed by atoms with E-state index < -0.39 is 29.0 Å². The molecule has 7 heteroatoms. The molecule has 0 saturated heterocycles. The van der Waals surface area contributed by atoms with E-state index in [0.29, 0.717) is 0 Å². The highest BCUT2D eigenvalue weighted by Gasteiger charge is 2.45. The maximum absolute atomic E-state index is 12.7. The Morgan fingerprint density at radius 3 is 1.86 bits per heavy atom. The van der Waals surface area contributed by atoms with Gasteiger partial charge < -0.3 is 9.16 Å². The molecule has 0 spiro atoms. The van der Waals surface area contributed by atoms with Crippen LogP contribution in [-0.2, 0) is 9.16 Å². The lowest BCUT2D eigenvalue weighted by molar-refractivity contribution is -0.131. The largest absolute Gasteiger partial charge is 0.417 e. The van der Waals surface area contributed by atoms with Crippen molar-refractivity contribution in [2.75, 3.05) is 7.11 Å². The molecule has 4 unspecified atom stereocenters. The second-order valence-corrected chi connectivity index (χ2v) is 17.2. The normalized spacial score (nSPS) is 20.3. The Labute approximate surface area is 135 Å². The lowest BCUT2D eigenvalue weighted by atomic mass is 10.3. The third kappa shape index (κ3) is 7.14. The lowest BCUT2D eigenvalue weighted by Crippen LogP contribution is -2.52. The molecule has 0 aliphatic carbocycles. The Bertz CT molecular complexity index is 332. The fraction of sp³-hybridized carbons (Fsp3) is 1.00. The summed E-state index contributed by atoms with van der Waals surface area (Å²) in [5.74, 6) is 0. The molecule has 0 saturated carbocycles. The van der Waals surface area contributed by atoms with Gasteiger partial charge >= 0.3 is 6.18 Å². The summed E-state index contributed by atoms with van der Waals surface area (Å²) in [6, 6.07) is 0.104. The second kappa shape index (κ2) is 8.30. The van der Waals surface area contributed by atoms with Crippen LogP contribution in [0.25, 0.3) is 0 Å². The highest BCUT2D eigenvalue weighted by Crippen LogP contribution is 2.38. The Morgan fingerprint density at radius 1 is 1.05 bits per heavy atom. The van der Waals surface area contributed by atoms with Crippen LogP contribution in [0.15, 0.2) is 0 Å². The molecule has 0 amide bonds. The van der Waals surface area contributed by atoms with E-state index >= 15 is 0 Å². The minimum atomic E-state index is -4.13. The first kappa shape index (κ1) is 22.1. The van der Waals surface area contributed by atoms with Gasteiger partial charge in [-0.25, -0.2) is 0 Å². The molecule has 0 rings (SSSR count). The first-order valence-electron chi connectivity index (χ1n) is 8.04. The topological polar surface area (TPSA) is 18.5 Å². The molecule has 4 atom stereocenters. The van der Waals surface area contributed by atoms with Crippen molar-refractivity contribution in [2.45, 2.75) is 89.4 Å². The summed E-state index contributed by atoms with van der Waals surface area (Å²) in [4.78, 5) is 0. The van der Waals surface area contributed by atoms with E-state index in [1.807, 2.05) is 20.4 Å². The highest BCUT2D eigenvalue weighted by molar-refractivity contribution is 6.80. The first-order chi connectivity index (χ1) is 9.77. The minimum absolute atomic E-state index is 0.0187. The van der Waals surface area contributed by atoms with Gasteiger partial charge in [0, 0.05) is 24.8 Å². The van der Waals surface area contributed by atoms with Gasteiger partial charge in [-0.2, -0.15) is 13.2 Å². The van der Waals surface area contributed by atoms with Gasteiger partial charge in [0.1, 0.15) is 0 Å². The van der Waals surface area contributed by atoms with Crippen molar-refractivity contribution in [3.63, 3.8) is 0 Å². The molecule has 0 N–H and O–H groups in total. The van der Waals surface area contributed by atoms with Crippen LogP contribution < -0.4 is 0 Å². The van der Waals surface area contributed by atoms with Crippen molar-refractivity contribution in [1.29, 1.82) is 0 Å². The summed E-state index contributed by atoms with van der Waals surface area (Å²) in [5.41, 5.74) is 0.120. The summed E-state index contributed by atoms with van der Waals surface area (Å²) in [5, 5.41) is 0. The summed E-state index contributed by atoms with van der Waals surface area (Å²) >= 11 is 0. The zero-order chi connectivity index (χ0) is 17.8. The van der Waals surface area contributed by atoms with Crippen molar-refractivity contribution in [2.24, 2.45) is 0 Å².